The fraction of sp³-hybridized carbons (Fsp3) is 0.316. The standard InChI is InChI=1S/C19H20F3NO2/c20-19(21,22)16-9-5-10-17(14-16)25-13-12-23-18(24)11-4-8-15-6-2-1-3-7-15/h1-3,5-7,9-10,14H,4,8,11-13H2,(H,23,24). The third-order valence-corrected chi connectivity index (χ3v) is 3.57. The summed E-state index contributed by atoms with van der Waals surface area (Å²) in [6.45, 7) is 0.367. The van der Waals surface area contributed by atoms with Crippen molar-refractivity contribution in [3.05, 3.63) is 65.7 Å². The van der Waals surface area contributed by atoms with Crippen LogP contribution in [0.2, 0.25) is 0 Å². The van der Waals surface area contributed by atoms with Gasteiger partial charge in [0.15, 0.2) is 0 Å². The molecule has 2 aromatic carbocycles. The Kier molecular flexibility index (Phi) is 6.86. The second kappa shape index (κ2) is 9.11. The van der Waals surface area contributed by atoms with E-state index in [1.165, 1.54) is 17.7 Å². The van der Waals surface area contributed by atoms with Crippen molar-refractivity contribution in [3.8, 4) is 5.75 Å². The zero-order chi connectivity index (χ0) is 18.1. The van der Waals surface area contributed by atoms with Crippen LogP contribution in [0, 0.1) is 0 Å². The fourth-order valence-corrected chi connectivity index (χ4v) is 2.31. The van der Waals surface area contributed by atoms with E-state index in [1.807, 2.05) is 30.3 Å². The number of aryl methyl sites for hydroxylation is 1. The molecule has 0 saturated heterocycles. The van der Waals surface area contributed by atoms with Gasteiger partial charge in [0.2, 0.25) is 5.91 Å². The normalized spacial score (nSPS) is 11.2. The number of halogens is 3. The summed E-state index contributed by atoms with van der Waals surface area (Å²) in [4.78, 5) is 11.7. The Morgan fingerprint density at radius 3 is 2.52 bits per heavy atom. The number of rotatable bonds is 8. The molecule has 0 atom stereocenters. The Balaban J connectivity index is 1.63. The van der Waals surface area contributed by atoms with Gasteiger partial charge in [0.1, 0.15) is 12.4 Å². The number of nitrogens with one attached hydrogen (secondary N) is 1. The van der Waals surface area contributed by atoms with Crippen molar-refractivity contribution in [1.29, 1.82) is 0 Å². The molecule has 0 aromatic heterocycles. The van der Waals surface area contributed by atoms with Crippen molar-refractivity contribution in [2.75, 3.05) is 13.2 Å². The Bertz CT molecular complexity index is 672. The van der Waals surface area contributed by atoms with E-state index >= 15 is 0 Å². The molecule has 0 aliphatic carbocycles. The van der Waals surface area contributed by atoms with Crippen molar-refractivity contribution in [2.45, 2.75) is 25.4 Å². The van der Waals surface area contributed by atoms with Gasteiger partial charge in [0.25, 0.3) is 0 Å². The van der Waals surface area contributed by atoms with E-state index in [4.69, 9.17) is 4.74 Å². The maximum Gasteiger partial charge on any atom is 0.416 e. The highest BCUT2D eigenvalue weighted by Gasteiger charge is 2.30. The van der Waals surface area contributed by atoms with Gasteiger partial charge in [0.05, 0.1) is 12.1 Å². The van der Waals surface area contributed by atoms with Crippen LogP contribution in [0.15, 0.2) is 54.6 Å². The lowest BCUT2D eigenvalue weighted by atomic mass is 10.1. The van der Waals surface area contributed by atoms with E-state index in [0.29, 0.717) is 6.42 Å². The molecule has 2 aromatic rings. The molecular weight excluding hydrogens is 331 g/mol. The van der Waals surface area contributed by atoms with Crippen LogP contribution in [0.25, 0.3) is 0 Å². The van der Waals surface area contributed by atoms with Gasteiger partial charge in [-0.25, -0.2) is 0 Å². The van der Waals surface area contributed by atoms with Gasteiger partial charge >= 0.3 is 6.18 Å². The van der Waals surface area contributed by atoms with E-state index < -0.39 is 11.7 Å². The molecule has 3 nitrogen and oxygen atoms in total. The molecular formula is C19H20F3NO2. The molecule has 0 aliphatic heterocycles. The third kappa shape index (κ3) is 6.87. The maximum absolute atomic E-state index is 12.6. The number of hydrogen-bond donors (Lipinski definition) is 1. The lowest BCUT2D eigenvalue weighted by Crippen LogP contribution is -2.27. The molecule has 0 radical (unpaired) electrons. The number of ether oxygens (including phenoxy) is 1. The predicted molar refractivity (Wildman–Crippen MR) is 89.3 cm³/mol. The summed E-state index contributed by atoms with van der Waals surface area (Å²) in [5, 5.41) is 2.70. The number of carbonyl (C=O) groups is 1. The fourth-order valence-electron chi connectivity index (χ4n) is 2.31. The van der Waals surface area contributed by atoms with Crippen molar-refractivity contribution < 1.29 is 22.7 Å². The summed E-state index contributed by atoms with van der Waals surface area (Å²) in [6, 6.07) is 14.6. The molecule has 0 unspecified atom stereocenters. The molecule has 25 heavy (non-hydrogen) atoms. The highest BCUT2D eigenvalue weighted by Crippen LogP contribution is 2.31. The molecule has 6 heteroatoms. The van der Waals surface area contributed by atoms with Crippen LogP contribution >= 0.6 is 0 Å². The predicted octanol–water partition coefficient (Wildman–Crippen LogP) is 4.22. The molecule has 0 bridgehead atoms. The van der Waals surface area contributed by atoms with Crippen molar-refractivity contribution in [1.82, 2.24) is 5.32 Å². The number of alkyl halides is 3. The molecule has 0 heterocycles. The van der Waals surface area contributed by atoms with Crippen LogP contribution in [0.1, 0.15) is 24.0 Å². The SMILES string of the molecule is O=C(CCCc1ccccc1)NCCOc1cccc(C(F)(F)F)c1. The van der Waals surface area contributed by atoms with Gasteiger partial charge in [-0.2, -0.15) is 13.2 Å². The Hall–Kier alpha value is -2.50. The molecule has 0 saturated carbocycles. The summed E-state index contributed by atoms with van der Waals surface area (Å²) in [7, 11) is 0. The van der Waals surface area contributed by atoms with Crippen molar-refractivity contribution in [3.63, 3.8) is 0 Å². The summed E-state index contributed by atoms with van der Waals surface area (Å²) < 4.78 is 43.0. The van der Waals surface area contributed by atoms with Gasteiger partial charge in [-0.3, -0.25) is 4.79 Å². The van der Waals surface area contributed by atoms with E-state index in [1.54, 1.807) is 0 Å². The van der Waals surface area contributed by atoms with E-state index in [2.05, 4.69) is 5.32 Å². The van der Waals surface area contributed by atoms with Gasteiger partial charge in [-0.15, -0.1) is 0 Å². The monoisotopic (exact) mass is 351 g/mol. The van der Waals surface area contributed by atoms with Crippen LogP contribution in [0.4, 0.5) is 13.2 Å². The quantitative estimate of drug-likeness (QED) is 0.723. The van der Waals surface area contributed by atoms with Crippen molar-refractivity contribution >= 4 is 5.91 Å². The molecule has 2 rings (SSSR count). The minimum Gasteiger partial charge on any atom is -0.492 e. The van der Waals surface area contributed by atoms with Crippen LogP contribution in [-0.2, 0) is 17.4 Å². The summed E-state index contributed by atoms with van der Waals surface area (Å²) >= 11 is 0. The van der Waals surface area contributed by atoms with E-state index in [9.17, 15) is 18.0 Å². The topological polar surface area (TPSA) is 38.3 Å². The molecule has 0 aliphatic rings. The Morgan fingerprint density at radius 2 is 1.80 bits per heavy atom. The van der Waals surface area contributed by atoms with Gasteiger partial charge in [0, 0.05) is 6.42 Å². The van der Waals surface area contributed by atoms with Gasteiger partial charge < -0.3 is 10.1 Å². The molecule has 134 valence electrons. The third-order valence-electron chi connectivity index (χ3n) is 3.57. The highest BCUT2D eigenvalue weighted by atomic mass is 19.4. The number of amides is 1. The zero-order valence-electron chi connectivity index (χ0n) is 13.7. The average molecular weight is 351 g/mol. The van der Waals surface area contributed by atoms with E-state index in [0.717, 1.165) is 25.0 Å². The minimum absolute atomic E-state index is 0.0939. The van der Waals surface area contributed by atoms with Crippen LogP contribution in [0.3, 0.4) is 0 Å². The minimum atomic E-state index is -4.40. The smallest absolute Gasteiger partial charge is 0.416 e. The van der Waals surface area contributed by atoms with Crippen LogP contribution in [0.5, 0.6) is 5.75 Å². The first kappa shape index (κ1) is 18.8. The summed E-state index contributed by atoms with van der Waals surface area (Å²) in [6.07, 6.45) is -2.43. The molecule has 0 fully saturated rings. The summed E-state index contributed by atoms with van der Waals surface area (Å²) in [5.41, 5.74) is 0.429. The van der Waals surface area contributed by atoms with Crippen LogP contribution < -0.4 is 10.1 Å². The largest absolute Gasteiger partial charge is 0.492 e. The number of carbonyl (C=O) groups excluding carboxylic acids is 1. The van der Waals surface area contributed by atoms with Crippen LogP contribution in [-0.4, -0.2) is 19.1 Å². The molecule has 0 spiro atoms. The second-order valence-corrected chi connectivity index (χ2v) is 5.56. The molecule has 1 N–H and O–H groups in total. The summed E-state index contributed by atoms with van der Waals surface area (Å²) in [5.74, 6) is 0.0386. The second-order valence-electron chi connectivity index (χ2n) is 5.56. The zero-order valence-corrected chi connectivity index (χ0v) is 13.7. The first-order valence-electron chi connectivity index (χ1n) is 8.06. The lowest BCUT2D eigenvalue weighted by Gasteiger charge is -2.10. The van der Waals surface area contributed by atoms with Gasteiger partial charge in [-0.05, 0) is 36.6 Å². The van der Waals surface area contributed by atoms with Gasteiger partial charge in [-0.1, -0.05) is 36.4 Å². The Morgan fingerprint density at radius 1 is 1.04 bits per heavy atom. The first-order valence-corrected chi connectivity index (χ1v) is 8.06. The Labute approximate surface area is 144 Å². The first-order chi connectivity index (χ1) is 11.9. The lowest BCUT2D eigenvalue weighted by molar-refractivity contribution is -0.137. The highest BCUT2D eigenvalue weighted by molar-refractivity contribution is 5.75. The average Bonchev–Trinajstić information content (AvgIpc) is 2.59. The van der Waals surface area contributed by atoms with E-state index in [-0.39, 0.29) is 24.8 Å². The maximum atomic E-state index is 12.6. The van der Waals surface area contributed by atoms with Crippen molar-refractivity contribution in [2.24, 2.45) is 0 Å². The number of benzene rings is 2. The molecule has 1 amide bonds. The number of hydrogen-bond acceptors (Lipinski definition) is 2.